The van der Waals surface area contributed by atoms with Crippen molar-refractivity contribution in [2.24, 2.45) is 0 Å². The molecule has 0 unspecified atom stereocenters. The van der Waals surface area contributed by atoms with Crippen molar-refractivity contribution in [2.75, 3.05) is 0 Å². The summed E-state index contributed by atoms with van der Waals surface area (Å²) in [7, 11) is 0. The summed E-state index contributed by atoms with van der Waals surface area (Å²) in [6, 6.07) is 0. The largest absolute Gasteiger partial charge is 1.00 e. The maximum Gasteiger partial charge on any atom is 1.00 e. The Labute approximate surface area is 118 Å². The van der Waals surface area contributed by atoms with Crippen LogP contribution in [0.4, 0.5) is 0 Å². The normalized spacial score (nSPS) is 10.2. The van der Waals surface area contributed by atoms with Crippen LogP contribution in [0.15, 0.2) is 0 Å². The van der Waals surface area contributed by atoms with Crippen molar-refractivity contribution in [3.05, 3.63) is 11.4 Å². The van der Waals surface area contributed by atoms with E-state index < -0.39 is 5.97 Å². The minimum absolute atomic E-state index is 0. The second-order valence-corrected chi connectivity index (χ2v) is 3.91. The van der Waals surface area contributed by atoms with Gasteiger partial charge in [0.15, 0.2) is 0 Å². The number of aliphatic carboxylic acids is 1. The molecular formula is C10H16N3NaO2. The average Bonchev–Trinajstić information content (AvgIpc) is 2.47. The van der Waals surface area contributed by atoms with E-state index in [1.807, 2.05) is 6.92 Å². The summed E-state index contributed by atoms with van der Waals surface area (Å²) in [5.41, 5.74) is 1.99. The van der Waals surface area contributed by atoms with Crippen LogP contribution in [-0.2, 0) is 11.3 Å². The summed E-state index contributed by atoms with van der Waals surface area (Å²) in [6.07, 6.45) is 0.598. The molecule has 0 radical (unpaired) electrons. The van der Waals surface area contributed by atoms with E-state index >= 15 is 0 Å². The standard InChI is InChI=1S/C10H17N3O2.Na/c1-7(2)10-8(3)13(12-11-10)6-4-5-9(14)15;/h7H,4-6H2,1-3H3,(H,14,15);/q;+1/p-1. The average molecular weight is 233 g/mol. The Hall–Kier alpha value is -0.390. The Kier molecular flexibility index (Phi) is 6.87. The molecular weight excluding hydrogens is 217 g/mol. The fraction of sp³-hybridized carbons (Fsp3) is 0.700. The molecule has 1 rings (SSSR count). The van der Waals surface area contributed by atoms with Gasteiger partial charge >= 0.3 is 29.6 Å². The van der Waals surface area contributed by atoms with Gasteiger partial charge in [0.25, 0.3) is 0 Å². The van der Waals surface area contributed by atoms with Crippen LogP contribution in [-0.4, -0.2) is 21.0 Å². The van der Waals surface area contributed by atoms with E-state index in [0.29, 0.717) is 18.9 Å². The van der Waals surface area contributed by atoms with Crippen molar-refractivity contribution < 1.29 is 39.5 Å². The summed E-state index contributed by atoms with van der Waals surface area (Å²) >= 11 is 0. The SMILES string of the molecule is Cc1c(C(C)C)nnn1CCCC(=O)[O-].[Na+]. The molecule has 0 fully saturated rings. The van der Waals surface area contributed by atoms with Gasteiger partial charge in [0.2, 0.25) is 0 Å². The van der Waals surface area contributed by atoms with Gasteiger partial charge in [-0.25, -0.2) is 4.68 Å². The van der Waals surface area contributed by atoms with Gasteiger partial charge in [0.1, 0.15) is 0 Å². The predicted molar refractivity (Wildman–Crippen MR) is 53.1 cm³/mol. The van der Waals surface area contributed by atoms with Crippen LogP contribution in [0, 0.1) is 6.92 Å². The van der Waals surface area contributed by atoms with Crippen LogP contribution < -0.4 is 34.7 Å². The summed E-state index contributed by atoms with van der Waals surface area (Å²) in [6.45, 7) is 6.65. The smallest absolute Gasteiger partial charge is 0.550 e. The Bertz CT molecular complexity index is 350. The number of hydrogen-bond donors (Lipinski definition) is 0. The topological polar surface area (TPSA) is 70.8 Å². The quantitative estimate of drug-likeness (QED) is 0.517. The molecule has 0 aliphatic rings. The van der Waals surface area contributed by atoms with Gasteiger partial charge in [-0.2, -0.15) is 0 Å². The molecule has 1 aromatic rings. The number of carbonyl (C=O) groups excluding carboxylic acids is 1. The molecule has 84 valence electrons. The number of aryl methyl sites for hydroxylation is 1. The van der Waals surface area contributed by atoms with Gasteiger partial charge in [-0.3, -0.25) is 0 Å². The molecule has 0 bridgehead atoms. The first-order valence-corrected chi connectivity index (χ1v) is 5.12. The second kappa shape index (κ2) is 7.04. The maximum atomic E-state index is 10.2. The zero-order valence-electron chi connectivity index (χ0n) is 10.4. The number of carbonyl (C=O) groups is 1. The van der Waals surface area contributed by atoms with Gasteiger partial charge in [0, 0.05) is 12.5 Å². The second-order valence-electron chi connectivity index (χ2n) is 3.91. The molecule has 0 amide bonds. The summed E-state index contributed by atoms with van der Waals surface area (Å²) in [5.74, 6) is -0.670. The van der Waals surface area contributed by atoms with Crippen LogP contribution in [0.2, 0.25) is 0 Å². The molecule has 1 aromatic heterocycles. The summed E-state index contributed by atoms with van der Waals surface area (Å²) < 4.78 is 1.75. The van der Waals surface area contributed by atoms with Crippen molar-refractivity contribution >= 4 is 5.97 Å². The van der Waals surface area contributed by atoms with E-state index in [0.717, 1.165) is 11.4 Å². The summed E-state index contributed by atoms with van der Waals surface area (Å²) in [4.78, 5) is 10.2. The number of carboxylic acids is 1. The van der Waals surface area contributed by atoms with Crippen LogP contribution in [0.5, 0.6) is 0 Å². The maximum absolute atomic E-state index is 10.2. The minimum Gasteiger partial charge on any atom is -0.550 e. The van der Waals surface area contributed by atoms with Crippen LogP contribution >= 0.6 is 0 Å². The van der Waals surface area contributed by atoms with E-state index in [1.54, 1.807) is 4.68 Å². The fourth-order valence-corrected chi connectivity index (χ4v) is 1.49. The van der Waals surface area contributed by atoms with Gasteiger partial charge < -0.3 is 9.90 Å². The first-order valence-electron chi connectivity index (χ1n) is 5.12. The molecule has 0 saturated carbocycles. The Morgan fingerprint density at radius 1 is 1.50 bits per heavy atom. The zero-order valence-corrected chi connectivity index (χ0v) is 12.4. The van der Waals surface area contributed by atoms with Crippen LogP contribution in [0.25, 0.3) is 0 Å². The number of aromatic nitrogens is 3. The Balaban J connectivity index is 0.00000225. The molecule has 0 saturated heterocycles. The molecule has 5 nitrogen and oxygen atoms in total. The van der Waals surface area contributed by atoms with Crippen LogP contribution in [0.3, 0.4) is 0 Å². The van der Waals surface area contributed by atoms with Gasteiger partial charge in [-0.15, -0.1) is 5.10 Å². The third-order valence-electron chi connectivity index (χ3n) is 2.32. The van der Waals surface area contributed by atoms with E-state index in [9.17, 15) is 9.90 Å². The number of nitrogens with zero attached hydrogens (tertiary/aromatic N) is 3. The molecule has 1 heterocycles. The van der Waals surface area contributed by atoms with Crippen molar-refractivity contribution in [1.29, 1.82) is 0 Å². The minimum atomic E-state index is -1.02. The van der Waals surface area contributed by atoms with Crippen molar-refractivity contribution in [3.8, 4) is 0 Å². The van der Waals surface area contributed by atoms with Gasteiger partial charge in [-0.1, -0.05) is 19.1 Å². The number of hydrogen-bond acceptors (Lipinski definition) is 4. The third-order valence-corrected chi connectivity index (χ3v) is 2.32. The van der Waals surface area contributed by atoms with Gasteiger partial charge in [-0.05, 0) is 25.7 Å². The first-order chi connectivity index (χ1) is 7.02. The van der Waals surface area contributed by atoms with E-state index in [2.05, 4.69) is 24.2 Å². The molecule has 0 spiro atoms. The van der Waals surface area contributed by atoms with Crippen molar-refractivity contribution in [1.82, 2.24) is 15.0 Å². The van der Waals surface area contributed by atoms with E-state index in [1.165, 1.54) is 0 Å². The van der Waals surface area contributed by atoms with Crippen molar-refractivity contribution in [2.45, 2.75) is 46.1 Å². The predicted octanol–water partition coefficient (Wildman–Crippen LogP) is -2.76. The Morgan fingerprint density at radius 3 is 2.56 bits per heavy atom. The zero-order chi connectivity index (χ0) is 11.4. The molecule has 0 N–H and O–H groups in total. The van der Waals surface area contributed by atoms with E-state index in [-0.39, 0.29) is 36.0 Å². The fourth-order valence-electron chi connectivity index (χ4n) is 1.49. The van der Waals surface area contributed by atoms with Crippen molar-refractivity contribution in [3.63, 3.8) is 0 Å². The number of carboxylic acid groups (broad SMARTS) is 1. The van der Waals surface area contributed by atoms with E-state index in [4.69, 9.17) is 0 Å². The van der Waals surface area contributed by atoms with Crippen LogP contribution in [0.1, 0.15) is 44.0 Å². The molecule has 6 heteroatoms. The Morgan fingerprint density at radius 2 is 2.12 bits per heavy atom. The number of rotatable bonds is 5. The third kappa shape index (κ3) is 4.23. The first kappa shape index (κ1) is 15.6. The summed E-state index contributed by atoms with van der Waals surface area (Å²) in [5, 5.41) is 18.3. The molecule has 0 atom stereocenters. The monoisotopic (exact) mass is 233 g/mol. The molecule has 0 aliphatic heterocycles. The van der Waals surface area contributed by atoms with Gasteiger partial charge in [0.05, 0.1) is 11.4 Å². The molecule has 16 heavy (non-hydrogen) atoms. The molecule has 0 aromatic carbocycles. The molecule has 0 aliphatic carbocycles.